The molecule has 2 saturated carbocycles. The summed E-state index contributed by atoms with van der Waals surface area (Å²) in [5, 5.41) is 12.1. The second-order valence-electron chi connectivity index (χ2n) is 7.43. The fourth-order valence-corrected chi connectivity index (χ4v) is 3.89. The van der Waals surface area contributed by atoms with Crippen molar-refractivity contribution in [1.82, 2.24) is 10.2 Å². The van der Waals surface area contributed by atoms with E-state index in [1.54, 1.807) is 7.05 Å². The van der Waals surface area contributed by atoms with Crippen LogP contribution in [0.5, 0.6) is 0 Å². The molecule has 2 aliphatic carbocycles. The molecule has 2 rings (SSSR count). The molecule has 0 aliphatic heterocycles. The molecule has 2 aliphatic rings. The van der Waals surface area contributed by atoms with Crippen molar-refractivity contribution in [1.29, 1.82) is 0 Å². The summed E-state index contributed by atoms with van der Waals surface area (Å²) in [5.41, 5.74) is 0. The number of likely N-dealkylation sites (N-methyl/N-ethyl adjacent to an activating group) is 1. The number of carboxylic acids is 1. The number of aliphatic carboxylic acids is 1. The maximum absolute atomic E-state index is 12.4. The second kappa shape index (κ2) is 8.49. The maximum atomic E-state index is 12.4. The number of hydrogen-bond donors (Lipinski definition) is 2. The minimum Gasteiger partial charge on any atom is -0.480 e. The van der Waals surface area contributed by atoms with E-state index in [-0.39, 0.29) is 23.8 Å². The number of hydrogen-bond acceptors (Lipinski definition) is 3. The quantitative estimate of drug-likeness (QED) is 0.777. The minimum atomic E-state index is -0.987. The first-order valence-electron chi connectivity index (χ1n) is 9.17. The van der Waals surface area contributed by atoms with Gasteiger partial charge in [0.05, 0.1) is 0 Å². The van der Waals surface area contributed by atoms with Crippen LogP contribution in [0.1, 0.15) is 64.7 Å². The van der Waals surface area contributed by atoms with E-state index >= 15 is 0 Å². The number of carbonyl (C=O) groups is 3. The molecular formula is C18H30N2O4. The van der Waals surface area contributed by atoms with Crippen LogP contribution in [0.25, 0.3) is 0 Å². The van der Waals surface area contributed by atoms with E-state index < -0.39 is 12.0 Å². The molecule has 2 fully saturated rings. The lowest BCUT2D eigenvalue weighted by Crippen LogP contribution is -2.45. The molecule has 1 unspecified atom stereocenters. The monoisotopic (exact) mass is 338 g/mol. The number of nitrogens with one attached hydrogen (secondary N) is 1. The van der Waals surface area contributed by atoms with Crippen LogP contribution in [-0.2, 0) is 14.4 Å². The highest BCUT2D eigenvalue weighted by Crippen LogP contribution is 2.29. The van der Waals surface area contributed by atoms with E-state index in [0.717, 1.165) is 12.8 Å². The summed E-state index contributed by atoms with van der Waals surface area (Å²) < 4.78 is 0. The average Bonchev–Trinajstić information content (AvgIpc) is 3.06. The topological polar surface area (TPSA) is 86.7 Å². The van der Waals surface area contributed by atoms with Crippen molar-refractivity contribution >= 4 is 17.8 Å². The fourth-order valence-electron chi connectivity index (χ4n) is 3.89. The van der Waals surface area contributed by atoms with Crippen LogP contribution < -0.4 is 5.32 Å². The van der Waals surface area contributed by atoms with Gasteiger partial charge in [0, 0.05) is 25.4 Å². The third-order valence-electron chi connectivity index (χ3n) is 5.68. The Labute approximate surface area is 144 Å². The number of amides is 2. The summed E-state index contributed by atoms with van der Waals surface area (Å²) in [6, 6.07) is -0.647. The van der Waals surface area contributed by atoms with Crippen LogP contribution >= 0.6 is 0 Å². The predicted molar refractivity (Wildman–Crippen MR) is 90.3 cm³/mol. The van der Waals surface area contributed by atoms with Crippen LogP contribution in [0.4, 0.5) is 0 Å². The summed E-state index contributed by atoms with van der Waals surface area (Å²) in [4.78, 5) is 36.8. The molecular weight excluding hydrogens is 308 g/mol. The van der Waals surface area contributed by atoms with Crippen molar-refractivity contribution < 1.29 is 19.5 Å². The van der Waals surface area contributed by atoms with Gasteiger partial charge < -0.3 is 15.3 Å². The molecule has 0 spiro atoms. The fraction of sp³-hybridized carbons (Fsp3) is 0.833. The normalized spacial score (nSPS) is 25.9. The number of carbonyl (C=O) groups excluding carboxylic acids is 2. The van der Waals surface area contributed by atoms with E-state index in [0.29, 0.717) is 25.2 Å². The van der Waals surface area contributed by atoms with Crippen LogP contribution in [0, 0.1) is 11.8 Å². The van der Waals surface area contributed by atoms with Gasteiger partial charge in [0.2, 0.25) is 11.8 Å². The molecule has 1 atom stereocenters. The van der Waals surface area contributed by atoms with E-state index in [2.05, 4.69) is 5.32 Å². The molecule has 6 nitrogen and oxygen atoms in total. The predicted octanol–water partition coefficient (Wildman–Crippen LogP) is 2.17. The number of rotatable bonds is 6. The minimum absolute atomic E-state index is 0.0966. The first kappa shape index (κ1) is 18.7. The van der Waals surface area contributed by atoms with Crippen molar-refractivity contribution in [3.63, 3.8) is 0 Å². The Balaban J connectivity index is 1.73. The van der Waals surface area contributed by atoms with Gasteiger partial charge in [-0.05, 0) is 51.4 Å². The second-order valence-corrected chi connectivity index (χ2v) is 7.43. The molecule has 24 heavy (non-hydrogen) atoms. The van der Waals surface area contributed by atoms with Gasteiger partial charge in [0.1, 0.15) is 6.04 Å². The first-order valence-corrected chi connectivity index (χ1v) is 9.17. The highest BCUT2D eigenvalue weighted by atomic mass is 16.4. The van der Waals surface area contributed by atoms with Gasteiger partial charge in [0.25, 0.3) is 0 Å². The summed E-state index contributed by atoms with van der Waals surface area (Å²) in [6.07, 6.45) is 8.47. The molecule has 2 N–H and O–H groups in total. The van der Waals surface area contributed by atoms with Crippen molar-refractivity contribution in [2.45, 2.75) is 76.8 Å². The van der Waals surface area contributed by atoms with Crippen molar-refractivity contribution in [3.05, 3.63) is 0 Å². The smallest absolute Gasteiger partial charge is 0.326 e. The van der Waals surface area contributed by atoms with Gasteiger partial charge >= 0.3 is 5.97 Å². The van der Waals surface area contributed by atoms with E-state index in [4.69, 9.17) is 5.11 Å². The molecule has 2 amide bonds. The average molecular weight is 338 g/mol. The lowest BCUT2D eigenvalue weighted by molar-refractivity contribution is -0.150. The maximum Gasteiger partial charge on any atom is 0.326 e. The lowest BCUT2D eigenvalue weighted by atomic mass is 9.85. The molecule has 0 heterocycles. The first-order chi connectivity index (χ1) is 11.4. The molecule has 0 bridgehead atoms. The third kappa shape index (κ3) is 4.95. The highest BCUT2D eigenvalue weighted by molar-refractivity contribution is 5.84. The zero-order chi connectivity index (χ0) is 17.7. The standard InChI is InChI=1S/C18H30N2O4/c1-12(18(23)24)20(2)17(22)14-7-9-15(10-8-14)19-16(21)11-13-5-3-4-6-13/h12-15H,3-11H2,1-2H3,(H,19,21)(H,23,24). The molecule has 0 saturated heterocycles. The summed E-state index contributed by atoms with van der Waals surface area (Å²) in [6.45, 7) is 1.52. The van der Waals surface area contributed by atoms with Crippen molar-refractivity contribution in [2.75, 3.05) is 7.05 Å². The van der Waals surface area contributed by atoms with Crippen LogP contribution in [-0.4, -0.2) is 46.9 Å². The molecule has 6 heteroatoms. The van der Waals surface area contributed by atoms with Gasteiger partial charge in [-0.15, -0.1) is 0 Å². The Kier molecular flexibility index (Phi) is 6.63. The van der Waals surface area contributed by atoms with Gasteiger partial charge in [0.15, 0.2) is 0 Å². The van der Waals surface area contributed by atoms with Gasteiger partial charge in [-0.1, -0.05) is 12.8 Å². The largest absolute Gasteiger partial charge is 0.480 e. The summed E-state index contributed by atoms with van der Waals surface area (Å²) in [7, 11) is 1.55. The molecule has 0 radical (unpaired) electrons. The van der Waals surface area contributed by atoms with Crippen molar-refractivity contribution in [2.24, 2.45) is 11.8 Å². The Morgan fingerprint density at radius 2 is 1.67 bits per heavy atom. The Hall–Kier alpha value is -1.59. The molecule has 0 aromatic heterocycles. The van der Waals surface area contributed by atoms with E-state index in [9.17, 15) is 14.4 Å². The van der Waals surface area contributed by atoms with Crippen LogP contribution in [0.15, 0.2) is 0 Å². The van der Waals surface area contributed by atoms with Crippen molar-refractivity contribution in [3.8, 4) is 0 Å². The third-order valence-corrected chi connectivity index (χ3v) is 5.68. The molecule has 0 aromatic carbocycles. The zero-order valence-corrected chi connectivity index (χ0v) is 14.8. The number of carboxylic acid groups (broad SMARTS) is 1. The van der Waals surface area contributed by atoms with E-state index in [1.807, 2.05) is 0 Å². The number of nitrogens with zero attached hydrogens (tertiary/aromatic N) is 1. The molecule has 0 aromatic rings. The van der Waals surface area contributed by atoms with E-state index in [1.165, 1.54) is 37.5 Å². The Bertz CT molecular complexity index is 466. The van der Waals surface area contributed by atoms with Gasteiger partial charge in [-0.25, -0.2) is 4.79 Å². The Morgan fingerprint density at radius 3 is 2.21 bits per heavy atom. The summed E-state index contributed by atoms with van der Waals surface area (Å²) >= 11 is 0. The lowest BCUT2D eigenvalue weighted by Gasteiger charge is -2.32. The van der Waals surface area contributed by atoms with Gasteiger partial charge in [-0.2, -0.15) is 0 Å². The summed E-state index contributed by atoms with van der Waals surface area (Å²) in [5.74, 6) is -0.513. The van der Waals surface area contributed by atoms with Crippen LogP contribution in [0.2, 0.25) is 0 Å². The Morgan fingerprint density at radius 1 is 1.08 bits per heavy atom. The van der Waals surface area contributed by atoms with Gasteiger partial charge in [-0.3, -0.25) is 9.59 Å². The SMILES string of the molecule is CC(C(=O)O)N(C)C(=O)C1CCC(NC(=O)CC2CCCC2)CC1. The molecule has 136 valence electrons. The zero-order valence-electron chi connectivity index (χ0n) is 14.8. The highest BCUT2D eigenvalue weighted by Gasteiger charge is 2.32. The van der Waals surface area contributed by atoms with Crippen LogP contribution in [0.3, 0.4) is 0 Å².